The maximum absolute atomic E-state index is 13.9. The monoisotopic (exact) mass is 617 g/mol. The van der Waals surface area contributed by atoms with Gasteiger partial charge in [0.2, 0.25) is 23.6 Å². The first kappa shape index (κ1) is 31.2. The number of benzene rings is 3. The quantitative estimate of drug-likeness (QED) is 0.284. The number of para-hydroxylation sites is 1. The van der Waals surface area contributed by atoms with E-state index in [0.29, 0.717) is 11.4 Å². The molecule has 4 aromatic rings. The van der Waals surface area contributed by atoms with E-state index < -0.39 is 35.4 Å². The van der Waals surface area contributed by atoms with Gasteiger partial charge in [0.05, 0.1) is 26.6 Å². The van der Waals surface area contributed by atoms with Crippen LogP contribution in [0.4, 0.5) is 14.5 Å². The zero-order valence-electron chi connectivity index (χ0n) is 24.9. The molecule has 45 heavy (non-hydrogen) atoms. The number of halogens is 2. The number of ether oxygens (including phenoxy) is 1. The molecule has 2 N–H and O–H groups in total. The lowest BCUT2D eigenvalue weighted by Crippen LogP contribution is -2.56. The first-order chi connectivity index (χ1) is 21.6. The Morgan fingerprint density at radius 3 is 2.42 bits per heavy atom. The average molecular weight is 618 g/mol. The Morgan fingerprint density at radius 2 is 1.73 bits per heavy atom. The number of anilines is 1. The molecule has 5 rings (SSSR count). The van der Waals surface area contributed by atoms with Crippen LogP contribution in [-0.2, 0) is 32.0 Å². The molecule has 0 saturated carbocycles. The van der Waals surface area contributed by atoms with Crippen molar-refractivity contribution < 1.29 is 32.7 Å². The average Bonchev–Trinajstić information content (AvgIpc) is 3.43. The van der Waals surface area contributed by atoms with Gasteiger partial charge in [-0.15, -0.1) is 0 Å². The molecule has 1 aliphatic heterocycles. The van der Waals surface area contributed by atoms with Gasteiger partial charge in [0.15, 0.2) is 0 Å². The molecule has 10 nitrogen and oxygen atoms in total. The SMILES string of the molecule is COc1ccc(N(C)C(=O)[C@H](Cc2cc(F)cc(F)c2)NC(=O)CN2CCN(C(=O)Cc3c[nH]c4ccccc34)CC2=O)cc1. The summed E-state index contributed by atoms with van der Waals surface area (Å²) < 4.78 is 33.1. The maximum atomic E-state index is 13.9. The second kappa shape index (κ2) is 13.6. The molecule has 1 aromatic heterocycles. The van der Waals surface area contributed by atoms with E-state index in [1.54, 1.807) is 30.5 Å². The highest BCUT2D eigenvalue weighted by molar-refractivity contribution is 5.99. The molecule has 1 fully saturated rings. The van der Waals surface area contributed by atoms with Crippen molar-refractivity contribution in [1.29, 1.82) is 0 Å². The number of aromatic amines is 1. The number of hydrogen-bond donors (Lipinski definition) is 2. The van der Waals surface area contributed by atoms with Crippen molar-refractivity contribution in [3.63, 3.8) is 0 Å². The van der Waals surface area contributed by atoms with E-state index >= 15 is 0 Å². The zero-order valence-corrected chi connectivity index (χ0v) is 24.9. The first-order valence-electron chi connectivity index (χ1n) is 14.4. The Bertz CT molecular complexity index is 1700. The number of carbonyl (C=O) groups is 4. The normalized spacial score (nSPS) is 13.9. The Morgan fingerprint density at radius 1 is 1.02 bits per heavy atom. The molecule has 0 unspecified atom stereocenters. The summed E-state index contributed by atoms with van der Waals surface area (Å²) in [5.74, 6) is -2.80. The molecule has 0 spiro atoms. The number of rotatable bonds is 10. The van der Waals surface area contributed by atoms with Gasteiger partial charge >= 0.3 is 0 Å². The predicted molar refractivity (Wildman–Crippen MR) is 164 cm³/mol. The number of piperazine rings is 1. The minimum atomic E-state index is -1.19. The predicted octanol–water partition coefficient (Wildman–Crippen LogP) is 3.06. The number of fused-ring (bicyclic) bond motifs is 1. The number of methoxy groups -OCH3 is 1. The van der Waals surface area contributed by atoms with Gasteiger partial charge in [-0.05, 0) is 53.6 Å². The molecule has 1 aliphatic rings. The van der Waals surface area contributed by atoms with Crippen molar-refractivity contribution in [3.05, 3.63) is 95.7 Å². The molecule has 0 bridgehead atoms. The number of carbonyl (C=O) groups excluding carboxylic acids is 4. The van der Waals surface area contributed by atoms with E-state index in [2.05, 4.69) is 10.3 Å². The summed E-state index contributed by atoms with van der Waals surface area (Å²) in [7, 11) is 3.03. The minimum absolute atomic E-state index is 0.129. The van der Waals surface area contributed by atoms with Gasteiger partial charge in [0, 0.05) is 55.4 Å². The number of nitrogens with zero attached hydrogens (tertiary/aromatic N) is 3. The molecular formula is C33H33F2N5O5. The van der Waals surface area contributed by atoms with E-state index in [1.807, 2.05) is 24.3 Å². The van der Waals surface area contributed by atoms with Crippen molar-refractivity contribution in [2.45, 2.75) is 18.9 Å². The van der Waals surface area contributed by atoms with E-state index in [0.717, 1.165) is 34.7 Å². The highest BCUT2D eigenvalue weighted by atomic mass is 19.1. The molecule has 0 radical (unpaired) electrons. The first-order valence-corrected chi connectivity index (χ1v) is 14.4. The molecule has 4 amide bonds. The fourth-order valence-electron chi connectivity index (χ4n) is 5.39. The Labute approximate surface area is 258 Å². The van der Waals surface area contributed by atoms with E-state index in [-0.39, 0.29) is 50.5 Å². The van der Waals surface area contributed by atoms with Crippen molar-refractivity contribution in [3.8, 4) is 5.75 Å². The Balaban J connectivity index is 1.23. The second-order valence-electron chi connectivity index (χ2n) is 10.9. The lowest BCUT2D eigenvalue weighted by Gasteiger charge is -2.34. The van der Waals surface area contributed by atoms with Gasteiger partial charge < -0.3 is 29.7 Å². The third-order valence-electron chi connectivity index (χ3n) is 7.81. The molecule has 1 atom stereocenters. The largest absolute Gasteiger partial charge is 0.497 e. The van der Waals surface area contributed by atoms with Crippen molar-refractivity contribution in [2.24, 2.45) is 0 Å². The standard InChI is InChI=1S/C33H33F2N5O5/c1-38(25-7-9-26(45-2)10-8-25)33(44)29(15-21-13-23(34)17-24(35)14-21)37-30(41)19-39-11-12-40(20-32(39)43)31(42)16-22-18-36-28-6-4-3-5-27(22)28/h3-10,13-14,17-18,29,36H,11-12,15-16,19-20H2,1-2H3,(H,37,41)/t29-/m0/s1. The molecule has 2 heterocycles. The minimum Gasteiger partial charge on any atom is -0.497 e. The van der Waals surface area contributed by atoms with Crippen molar-refractivity contribution in [2.75, 3.05) is 45.2 Å². The summed E-state index contributed by atoms with van der Waals surface area (Å²) in [6.45, 7) is -0.160. The van der Waals surface area contributed by atoms with Crippen LogP contribution in [0, 0.1) is 11.6 Å². The fourth-order valence-corrected chi connectivity index (χ4v) is 5.39. The highest BCUT2D eigenvalue weighted by Crippen LogP contribution is 2.21. The van der Waals surface area contributed by atoms with Crippen LogP contribution >= 0.6 is 0 Å². The van der Waals surface area contributed by atoms with E-state index in [9.17, 15) is 28.0 Å². The number of nitrogens with one attached hydrogen (secondary N) is 2. The number of likely N-dealkylation sites (N-methyl/N-ethyl adjacent to an activating group) is 1. The third-order valence-corrected chi connectivity index (χ3v) is 7.81. The van der Waals surface area contributed by atoms with Crippen LogP contribution in [-0.4, -0.2) is 84.8 Å². The number of amides is 4. The Hall–Kier alpha value is -5.26. The lowest BCUT2D eigenvalue weighted by atomic mass is 10.0. The van der Waals surface area contributed by atoms with E-state index in [4.69, 9.17) is 4.74 Å². The fraction of sp³-hybridized carbons (Fsp3) is 0.273. The van der Waals surface area contributed by atoms with Gasteiger partial charge in [-0.1, -0.05) is 18.2 Å². The zero-order chi connectivity index (χ0) is 32.1. The summed E-state index contributed by atoms with van der Waals surface area (Å²) in [5.41, 5.74) is 2.43. The molecular weight excluding hydrogens is 584 g/mol. The maximum Gasteiger partial charge on any atom is 0.249 e. The Kier molecular flexibility index (Phi) is 9.41. The van der Waals surface area contributed by atoms with Crippen LogP contribution in [0.3, 0.4) is 0 Å². The van der Waals surface area contributed by atoms with Crippen LogP contribution < -0.4 is 15.0 Å². The number of aromatic nitrogens is 1. The number of H-pyrrole nitrogens is 1. The van der Waals surface area contributed by atoms with Gasteiger partial charge in [-0.3, -0.25) is 19.2 Å². The van der Waals surface area contributed by atoms with Gasteiger partial charge in [0.25, 0.3) is 0 Å². The number of hydrogen-bond acceptors (Lipinski definition) is 5. The summed E-state index contributed by atoms with van der Waals surface area (Å²) >= 11 is 0. The van der Waals surface area contributed by atoms with Crippen LogP contribution in [0.25, 0.3) is 10.9 Å². The second-order valence-corrected chi connectivity index (χ2v) is 10.9. The highest BCUT2D eigenvalue weighted by Gasteiger charge is 2.31. The van der Waals surface area contributed by atoms with Crippen LogP contribution in [0.15, 0.2) is 72.9 Å². The summed E-state index contributed by atoms with van der Waals surface area (Å²) in [4.78, 5) is 59.9. The summed E-state index contributed by atoms with van der Waals surface area (Å²) in [6, 6.07) is 16.0. The van der Waals surface area contributed by atoms with Crippen LogP contribution in [0.2, 0.25) is 0 Å². The molecule has 1 saturated heterocycles. The van der Waals surface area contributed by atoms with Gasteiger partial charge in [-0.2, -0.15) is 0 Å². The molecule has 12 heteroatoms. The van der Waals surface area contributed by atoms with Gasteiger partial charge in [-0.25, -0.2) is 8.78 Å². The summed E-state index contributed by atoms with van der Waals surface area (Å²) in [6.07, 6.45) is 1.72. The smallest absolute Gasteiger partial charge is 0.249 e. The molecule has 0 aliphatic carbocycles. The topological polar surface area (TPSA) is 115 Å². The van der Waals surface area contributed by atoms with Crippen molar-refractivity contribution in [1.82, 2.24) is 20.1 Å². The van der Waals surface area contributed by atoms with Gasteiger partial charge in [0.1, 0.15) is 23.4 Å². The van der Waals surface area contributed by atoms with E-state index in [1.165, 1.54) is 28.9 Å². The summed E-state index contributed by atoms with van der Waals surface area (Å²) in [5, 5.41) is 3.59. The van der Waals surface area contributed by atoms with Crippen LogP contribution in [0.1, 0.15) is 11.1 Å². The lowest BCUT2D eigenvalue weighted by molar-refractivity contribution is -0.146. The van der Waals surface area contributed by atoms with Crippen LogP contribution in [0.5, 0.6) is 5.75 Å². The third kappa shape index (κ3) is 7.46. The van der Waals surface area contributed by atoms with Crippen molar-refractivity contribution >= 4 is 40.2 Å². The molecule has 3 aromatic carbocycles. The molecule has 234 valence electrons.